The van der Waals surface area contributed by atoms with Gasteiger partial charge in [-0.1, -0.05) is 25.7 Å². The molecule has 0 radical (unpaired) electrons. The van der Waals surface area contributed by atoms with Crippen molar-refractivity contribution in [2.75, 3.05) is 19.7 Å². The second-order valence-electron chi connectivity index (χ2n) is 7.85. The second-order valence-corrected chi connectivity index (χ2v) is 7.85. The normalized spacial score (nSPS) is 20.0. The lowest BCUT2D eigenvalue weighted by Gasteiger charge is -2.42. The van der Waals surface area contributed by atoms with Gasteiger partial charge in [-0.05, 0) is 37.5 Å². The molecule has 144 valence electrons. The molecule has 1 aromatic carbocycles. The van der Waals surface area contributed by atoms with E-state index in [1.165, 1.54) is 31.2 Å². The van der Waals surface area contributed by atoms with E-state index in [2.05, 4.69) is 4.98 Å². The molecular weight excluding hydrogens is 347 g/mol. The third kappa shape index (κ3) is 3.38. The molecule has 0 unspecified atom stereocenters. The number of aryl methyl sites for hydroxylation is 1. The summed E-state index contributed by atoms with van der Waals surface area (Å²) in [5, 5.41) is 0.218. The highest BCUT2D eigenvalue weighted by atomic mass is 19.1. The first-order valence-corrected chi connectivity index (χ1v) is 9.74. The van der Waals surface area contributed by atoms with Crippen LogP contribution in [-0.4, -0.2) is 41.1 Å². The van der Waals surface area contributed by atoms with E-state index in [1.54, 1.807) is 11.8 Å². The van der Waals surface area contributed by atoms with Crippen LogP contribution in [0.4, 0.5) is 4.39 Å². The fraction of sp³-hybridized carbons (Fsp3) is 0.524. The number of pyridine rings is 1. The number of fused-ring (bicyclic) bond motifs is 1. The highest BCUT2D eigenvalue weighted by Gasteiger charge is 2.39. The molecule has 1 spiro atoms. The Morgan fingerprint density at radius 2 is 1.96 bits per heavy atom. The van der Waals surface area contributed by atoms with Crippen LogP contribution in [0.5, 0.6) is 0 Å². The third-order valence-corrected chi connectivity index (χ3v) is 5.93. The summed E-state index contributed by atoms with van der Waals surface area (Å²) >= 11 is 0. The van der Waals surface area contributed by atoms with E-state index < -0.39 is 11.2 Å². The summed E-state index contributed by atoms with van der Waals surface area (Å²) < 4.78 is 19.9. The molecule has 1 aliphatic heterocycles. The van der Waals surface area contributed by atoms with Gasteiger partial charge in [-0.2, -0.15) is 0 Å². The van der Waals surface area contributed by atoms with E-state index >= 15 is 0 Å². The number of benzene rings is 1. The number of rotatable bonds is 1. The Kier molecular flexibility index (Phi) is 4.76. The van der Waals surface area contributed by atoms with Gasteiger partial charge in [0.15, 0.2) is 0 Å². The number of ether oxygens (including phenoxy) is 1. The number of carbonyl (C=O) groups is 1. The van der Waals surface area contributed by atoms with Gasteiger partial charge in [0.1, 0.15) is 11.4 Å². The average molecular weight is 372 g/mol. The Morgan fingerprint density at radius 1 is 1.22 bits per heavy atom. The summed E-state index contributed by atoms with van der Waals surface area (Å²) in [6.07, 6.45) is 7.99. The van der Waals surface area contributed by atoms with Crippen LogP contribution in [0.15, 0.2) is 23.1 Å². The van der Waals surface area contributed by atoms with Gasteiger partial charge in [0, 0.05) is 18.1 Å². The van der Waals surface area contributed by atoms with E-state index in [1.807, 2.05) is 0 Å². The number of hydrogen-bond acceptors (Lipinski definition) is 3. The number of H-pyrrole nitrogens is 1. The van der Waals surface area contributed by atoms with Crippen molar-refractivity contribution in [2.24, 2.45) is 0 Å². The zero-order valence-electron chi connectivity index (χ0n) is 15.6. The molecule has 27 heavy (non-hydrogen) atoms. The van der Waals surface area contributed by atoms with E-state index in [-0.39, 0.29) is 22.5 Å². The van der Waals surface area contributed by atoms with Gasteiger partial charge in [-0.15, -0.1) is 0 Å². The van der Waals surface area contributed by atoms with Crippen LogP contribution in [0, 0.1) is 12.7 Å². The first-order valence-electron chi connectivity index (χ1n) is 9.74. The Hall–Kier alpha value is -2.21. The van der Waals surface area contributed by atoms with Crippen LogP contribution in [0.3, 0.4) is 0 Å². The summed E-state index contributed by atoms with van der Waals surface area (Å²) in [4.78, 5) is 30.7. The lowest BCUT2D eigenvalue weighted by Crippen LogP contribution is -2.54. The van der Waals surface area contributed by atoms with Crippen LogP contribution in [-0.2, 0) is 4.74 Å². The zero-order valence-corrected chi connectivity index (χ0v) is 15.6. The molecule has 2 aliphatic rings. The molecule has 4 rings (SSSR count). The number of hydrogen-bond donors (Lipinski definition) is 1. The van der Waals surface area contributed by atoms with Crippen molar-refractivity contribution in [3.05, 3.63) is 45.5 Å². The van der Waals surface area contributed by atoms with Crippen LogP contribution < -0.4 is 5.43 Å². The minimum Gasteiger partial charge on any atom is -0.371 e. The molecule has 1 saturated heterocycles. The predicted molar refractivity (Wildman–Crippen MR) is 102 cm³/mol. The van der Waals surface area contributed by atoms with E-state index in [4.69, 9.17) is 4.74 Å². The number of amides is 1. The van der Waals surface area contributed by atoms with Crippen LogP contribution in [0.25, 0.3) is 10.9 Å². The van der Waals surface area contributed by atoms with Gasteiger partial charge >= 0.3 is 0 Å². The standard InChI is InChI=1S/C21H25FN2O3/c1-14-10-15(22)11-16-18(14)23-12-17(19(16)25)20(26)24-8-9-27-21(13-24)6-4-2-3-5-7-21/h10-12H,2-9,13H2,1H3,(H,23,25). The molecule has 6 heteroatoms. The largest absolute Gasteiger partial charge is 0.371 e. The molecular formula is C21H25FN2O3. The number of halogens is 1. The minimum absolute atomic E-state index is 0.0678. The summed E-state index contributed by atoms with van der Waals surface area (Å²) in [7, 11) is 0. The number of carbonyl (C=O) groups excluding carboxylic acids is 1. The fourth-order valence-corrected chi connectivity index (χ4v) is 4.49. The van der Waals surface area contributed by atoms with Gasteiger partial charge < -0.3 is 14.6 Å². The van der Waals surface area contributed by atoms with Crippen LogP contribution in [0.2, 0.25) is 0 Å². The summed E-state index contributed by atoms with van der Waals surface area (Å²) in [6.45, 7) is 3.22. The summed E-state index contributed by atoms with van der Waals surface area (Å²) in [5.41, 5.74) is 0.581. The highest BCUT2D eigenvalue weighted by molar-refractivity contribution is 5.97. The van der Waals surface area contributed by atoms with E-state index in [0.29, 0.717) is 30.8 Å². The highest BCUT2D eigenvalue weighted by Crippen LogP contribution is 2.33. The Balaban J connectivity index is 1.66. The first kappa shape index (κ1) is 18.2. The maximum atomic E-state index is 13.8. The van der Waals surface area contributed by atoms with Crippen LogP contribution >= 0.6 is 0 Å². The average Bonchev–Trinajstić information content (AvgIpc) is 2.87. The summed E-state index contributed by atoms with van der Waals surface area (Å²) in [6, 6.07) is 2.57. The fourth-order valence-electron chi connectivity index (χ4n) is 4.49. The van der Waals surface area contributed by atoms with Gasteiger partial charge in [-0.25, -0.2) is 4.39 Å². The van der Waals surface area contributed by atoms with Crippen molar-refractivity contribution in [3.63, 3.8) is 0 Å². The van der Waals surface area contributed by atoms with Crippen molar-refractivity contribution < 1.29 is 13.9 Å². The second kappa shape index (κ2) is 7.08. The molecule has 1 aliphatic carbocycles. The lowest BCUT2D eigenvalue weighted by molar-refractivity contribution is -0.107. The molecule has 2 aromatic rings. The molecule has 0 atom stereocenters. The number of nitrogens with one attached hydrogen (secondary N) is 1. The molecule has 0 bridgehead atoms. The van der Waals surface area contributed by atoms with Crippen molar-refractivity contribution in [1.82, 2.24) is 9.88 Å². The van der Waals surface area contributed by atoms with Gasteiger partial charge in [0.25, 0.3) is 5.91 Å². The van der Waals surface area contributed by atoms with Gasteiger partial charge in [-0.3, -0.25) is 9.59 Å². The van der Waals surface area contributed by atoms with E-state index in [0.717, 1.165) is 25.7 Å². The number of morpholine rings is 1. The van der Waals surface area contributed by atoms with E-state index in [9.17, 15) is 14.0 Å². The van der Waals surface area contributed by atoms with Crippen LogP contribution in [0.1, 0.15) is 54.4 Å². The molecule has 2 heterocycles. The number of aromatic amines is 1. The molecule has 1 amide bonds. The van der Waals surface area contributed by atoms with Gasteiger partial charge in [0.05, 0.1) is 24.3 Å². The predicted octanol–water partition coefficient (Wildman–Crippen LogP) is 3.54. The van der Waals surface area contributed by atoms with Crippen molar-refractivity contribution >= 4 is 16.8 Å². The first-order chi connectivity index (χ1) is 13.0. The zero-order chi connectivity index (χ0) is 19.0. The SMILES string of the molecule is Cc1cc(F)cc2c(=O)c(C(=O)N3CCOC4(CCCCCC4)C3)c[nH]c12. The molecule has 1 aromatic heterocycles. The quantitative estimate of drug-likeness (QED) is 0.833. The third-order valence-electron chi connectivity index (χ3n) is 5.93. The minimum atomic E-state index is -0.473. The Bertz CT molecular complexity index is 929. The summed E-state index contributed by atoms with van der Waals surface area (Å²) in [5.74, 6) is -0.772. The Morgan fingerprint density at radius 3 is 2.70 bits per heavy atom. The maximum absolute atomic E-state index is 13.8. The van der Waals surface area contributed by atoms with Crippen molar-refractivity contribution in [2.45, 2.75) is 51.0 Å². The van der Waals surface area contributed by atoms with Crippen molar-refractivity contribution in [3.8, 4) is 0 Å². The topological polar surface area (TPSA) is 62.4 Å². The molecule has 2 fully saturated rings. The maximum Gasteiger partial charge on any atom is 0.259 e. The van der Waals surface area contributed by atoms with Crippen molar-refractivity contribution in [1.29, 1.82) is 0 Å². The lowest BCUT2D eigenvalue weighted by atomic mass is 9.92. The smallest absolute Gasteiger partial charge is 0.259 e. The molecule has 5 nitrogen and oxygen atoms in total. The monoisotopic (exact) mass is 372 g/mol. The molecule has 1 saturated carbocycles. The number of aromatic nitrogens is 1. The Labute approximate surface area is 157 Å². The van der Waals surface area contributed by atoms with Gasteiger partial charge in [0.2, 0.25) is 5.43 Å². The molecule has 1 N–H and O–H groups in total. The number of nitrogens with zero attached hydrogens (tertiary/aromatic N) is 1.